The lowest BCUT2D eigenvalue weighted by Gasteiger charge is -2.44. The molecule has 2 fully saturated rings. The van der Waals surface area contributed by atoms with Gasteiger partial charge in [-0.05, 0) is 51.8 Å². The number of nitrogens with zero attached hydrogens (tertiary/aromatic N) is 2. The molecule has 0 saturated carbocycles. The van der Waals surface area contributed by atoms with Crippen LogP contribution in [-0.4, -0.2) is 65.9 Å². The summed E-state index contributed by atoms with van der Waals surface area (Å²) >= 11 is 0. The minimum Gasteiger partial charge on any atom is -0.494 e. The van der Waals surface area contributed by atoms with E-state index >= 15 is 0 Å². The molecule has 26 heavy (non-hydrogen) atoms. The van der Waals surface area contributed by atoms with Crippen LogP contribution in [0.4, 0.5) is 0 Å². The summed E-state index contributed by atoms with van der Waals surface area (Å²) in [6.07, 6.45) is 4.65. The van der Waals surface area contributed by atoms with Crippen molar-refractivity contribution in [1.29, 1.82) is 0 Å². The van der Waals surface area contributed by atoms with Crippen molar-refractivity contribution in [3.8, 4) is 11.5 Å². The highest BCUT2D eigenvalue weighted by atomic mass is 16.5. The van der Waals surface area contributed by atoms with E-state index in [0.717, 1.165) is 44.0 Å². The van der Waals surface area contributed by atoms with Crippen molar-refractivity contribution < 1.29 is 14.6 Å². The number of piperazine rings is 1. The number of fused-ring (bicyclic) bond motifs is 2. The summed E-state index contributed by atoms with van der Waals surface area (Å²) in [6, 6.07) is 5.47. The lowest BCUT2D eigenvalue weighted by atomic mass is 10.0. The van der Waals surface area contributed by atoms with Crippen molar-refractivity contribution in [3.63, 3.8) is 0 Å². The number of hydrogen-bond donors (Lipinski definition) is 1. The second-order valence-corrected chi connectivity index (χ2v) is 8.02. The molecule has 5 nitrogen and oxygen atoms in total. The molecule has 0 aromatic heterocycles. The monoisotopic (exact) mass is 360 g/mol. The fourth-order valence-corrected chi connectivity index (χ4v) is 4.88. The molecule has 3 aliphatic heterocycles. The van der Waals surface area contributed by atoms with E-state index in [4.69, 9.17) is 9.47 Å². The summed E-state index contributed by atoms with van der Waals surface area (Å²) in [5.41, 5.74) is 2.48. The Bertz CT molecular complexity index is 636. The molecule has 3 aliphatic rings. The van der Waals surface area contributed by atoms with Gasteiger partial charge in [0.1, 0.15) is 17.6 Å². The van der Waals surface area contributed by atoms with Gasteiger partial charge in [-0.25, -0.2) is 0 Å². The molecule has 0 unspecified atom stereocenters. The minimum absolute atomic E-state index is 0.249. The smallest absolute Gasteiger partial charge is 0.124 e. The van der Waals surface area contributed by atoms with Crippen LogP contribution in [0.25, 0.3) is 0 Å². The zero-order chi connectivity index (χ0) is 18.1. The van der Waals surface area contributed by atoms with Crippen molar-refractivity contribution in [1.82, 2.24) is 9.80 Å². The Hall–Kier alpha value is -1.30. The Balaban J connectivity index is 1.57. The second-order valence-electron chi connectivity index (χ2n) is 8.02. The summed E-state index contributed by atoms with van der Waals surface area (Å²) < 4.78 is 12.0. The number of aliphatic hydroxyl groups is 1. The Morgan fingerprint density at radius 3 is 3.00 bits per heavy atom. The first-order valence-corrected chi connectivity index (χ1v) is 10.2. The van der Waals surface area contributed by atoms with Crippen LogP contribution in [0.3, 0.4) is 0 Å². The molecule has 3 atom stereocenters. The van der Waals surface area contributed by atoms with Crippen molar-refractivity contribution in [2.24, 2.45) is 0 Å². The van der Waals surface area contributed by atoms with E-state index in [2.05, 4.69) is 28.9 Å². The largest absolute Gasteiger partial charge is 0.494 e. The maximum atomic E-state index is 9.55. The summed E-state index contributed by atoms with van der Waals surface area (Å²) in [5, 5.41) is 9.55. The summed E-state index contributed by atoms with van der Waals surface area (Å²) in [4.78, 5) is 5.18. The highest BCUT2D eigenvalue weighted by molar-refractivity contribution is 5.48. The predicted octanol–water partition coefficient (Wildman–Crippen LogP) is 2.44. The predicted molar refractivity (Wildman–Crippen MR) is 102 cm³/mol. The Labute approximate surface area is 156 Å². The van der Waals surface area contributed by atoms with Crippen LogP contribution in [0.5, 0.6) is 11.5 Å². The Morgan fingerprint density at radius 2 is 2.19 bits per heavy atom. The highest BCUT2D eigenvalue weighted by Gasteiger charge is 2.36. The second kappa shape index (κ2) is 7.75. The summed E-state index contributed by atoms with van der Waals surface area (Å²) in [5.74, 6) is 2.02. The van der Waals surface area contributed by atoms with Crippen LogP contribution in [-0.2, 0) is 13.0 Å². The molecular weight excluding hydrogens is 328 g/mol. The van der Waals surface area contributed by atoms with Gasteiger partial charge < -0.3 is 14.6 Å². The molecule has 0 spiro atoms. The molecule has 1 aromatic carbocycles. The number of aliphatic hydroxyl groups excluding tert-OH is 1. The van der Waals surface area contributed by atoms with Crippen molar-refractivity contribution in [2.45, 2.75) is 64.3 Å². The van der Waals surface area contributed by atoms with Gasteiger partial charge in [0.2, 0.25) is 0 Å². The zero-order valence-electron chi connectivity index (χ0n) is 16.1. The lowest BCUT2D eigenvalue weighted by molar-refractivity contribution is 0.0328. The van der Waals surface area contributed by atoms with E-state index < -0.39 is 0 Å². The zero-order valence-corrected chi connectivity index (χ0v) is 16.1. The molecule has 0 radical (unpaired) electrons. The van der Waals surface area contributed by atoms with Gasteiger partial charge in [-0.15, -0.1) is 0 Å². The third-order valence-corrected chi connectivity index (χ3v) is 6.12. The van der Waals surface area contributed by atoms with E-state index in [1.807, 2.05) is 6.92 Å². The maximum absolute atomic E-state index is 9.55. The van der Waals surface area contributed by atoms with Crippen LogP contribution >= 0.6 is 0 Å². The van der Waals surface area contributed by atoms with Gasteiger partial charge in [0, 0.05) is 55.9 Å². The highest BCUT2D eigenvalue weighted by Crippen LogP contribution is 2.37. The molecule has 1 aromatic rings. The SMILES string of the molecule is CCOc1cc2c(cc1CN1C[C@@H]3CCCN3C[C@@H]1CCO)O[C@H](C)C2. The standard InChI is InChI=1S/C21H32N2O3/c1-3-25-20-10-16-9-15(2)26-21(16)11-17(20)12-23-14-18-5-4-7-22(18)13-19(23)6-8-24/h10-11,15,18-19,24H,3-9,12-14H2,1-2H3/t15-,18+,19+/m1/s1. The molecule has 0 aliphatic carbocycles. The first-order valence-electron chi connectivity index (χ1n) is 10.2. The molecule has 4 rings (SSSR count). The lowest BCUT2D eigenvalue weighted by Crippen LogP contribution is -2.55. The molecular formula is C21H32N2O3. The topological polar surface area (TPSA) is 45.2 Å². The van der Waals surface area contributed by atoms with E-state index in [-0.39, 0.29) is 12.7 Å². The fourth-order valence-electron chi connectivity index (χ4n) is 4.88. The molecule has 144 valence electrons. The normalized spacial score (nSPS) is 28.7. The van der Waals surface area contributed by atoms with E-state index in [1.165, 1.54) is 30.5 Å². The number of benzene rings is 1. The molecule has 0 bridgehead atoms. The summed E-state index contributed by atoms with van der Waals surface area (Å²) in [7, 11) is 0. The summed E-state index contributed by atoms with van der Waals surface area (Å²) in [6.45, 7) is 9.35. The van der Waals surface area contributed by atoms with E-state index in [1.54, 1.807) is 0 Å². The molecule has 2 saturated heterocycles. The maximum Gasteiger partial charge on any atom is 0.124 e. The molecule has 5 heteroatoms. The van der Waals surface area contributed by atoms with Gasteiger partial charge in [-0.1, -0.05) is 0 Å². The van der Waals surface area contributed by atoms with Gasteiger partial charge >= 0.3 is 0 Å². The fraction of sp³-hybridized carbons (Fsp3) is 0.714. The van der Waals surface area contributed by atoms with Crippen LogP contribution in [0.15, 0.2) is 12.1 Å². The molecule has 1 N–H and O–H groups in total. The third kappa shape index (κ3) is 3.57. The van der Waals surface area contributed by atoms with Gasteiger partial charge in [0.05, 0.1) is 6.61 Å². The first kappa shape index (κ1) is 18.1. The van der Waals surface area contributed by atoms with Crippen LogP contribution in [0.2, 0.25) is 0 Å². The number of rotatable bonds is 6. The average molecular weight is 360 g/mol. The Kier molecular flexibility index (Phi) is 5.39. The van der Waals surface area contributed by atoms with Crippen LogP contribution < -0.4 is 9.47 Å². The molecule has 0 amide bonds. The first-order chi connectivity index (χ1) is 12.7. The third-order valence-electron chi connectivity index (χ3n) is 6.12. The van der Waals surface area contributed by atoms with Crippen molar-refractivity contribution in [2.75, 3.05) is 32.8 Å². The van der Waals surface area contributed by atoms with Crippen molar-refractivity contribution in [3.05, 3.63) is 23.3 Å². The quantitative estimate of drug-likeness (QED) is 0.844. The number of hydrogen-bond acceptors (Lipinski definition) is 5. The van der Waals surface area contributed by atoms with Gasteiger partial charge in [-0.2, -0.15) is 0 Å². The van der Waals surface area contributed by atoms with Gasteiger partial charge in [0.25, 0.3) is 0 Å². The van der Waals surface area contributed by atoms with Crippen LogP contribution in [0, 0.1) is 0 Å². The molecule has 3 heterocycles. The minimum atomic E-state index is 0.249. The van der Waals surface area contributed by atoms with Crippen molar-refractivity contribution >= 4 is 0 Å². The Morgan fingerprint density at radius 1 is 1.31 bits per heavy atom. The number of ether oxygens (including phenoxy) is 2. The van der Waals surface area contributed by atoms with Gasteiger partial charge in [0.15, 0.2) is 0 Å². The van der Waals surface area contributed by atoms with Gasteiger partial charge in [-0.3, -0.25) is 9.80 Å². The average Bonchev–Trinajstić information content (AvgIpc) is 3.20. The van der Waals surface area contributed by atoms with E-state index in [9.17, 15) is 5.11 Å². The van der Waals surface area contributed by atoms with Crippen LogP contribution in [0.1, 0.15) is 44.2 Å². The van der Waals surface area contributed by atoms with E-state index in [0.29, 0.717) is 18.7 Å².